The van der Waals surface area contributed by atoms with Gasteiger partial charge in [0.1, 0.15) is 30.7 Å². The van der Waals surface area contributed by atoms with Crippen LogP contribution in [0.3, 0.4) is 0 Å². The molecule has 3 aromatic carbocycles. The zero-order chi connectivity index (χ0) is 25.4. The van der Waals surface area contributed by atoms with Crippen molar-refractivity contribution in [1.82, 2.24) is 14.9 Å². The normalized spacial score (nSPS) is 17.3. The van der Waals surface area contributed by atoms with E-state index in [1.54, 1.807) is 24.3 Å². The van der Waals surface area contributed by atoms with Crippen molar-refractivity contribution in [2.75, 3.05) is 13.7 Å². The Balaban J connectivity index is 1.19. The third-order valence-electron chi connectivity index (χ3n) is 6.94. The summed E-state index contributed by atoms with van der Waals surface area (Å²) in [6.07, 6.45) is 2.02. The van der Waals surface area contributed by atoms with Crippen LogP contribution in [0.5, 0.6) is 11.5 Å². The minimum Gasteiger partial charge on any atom is -0.496 e. The van der Waals surface area contributed by atoms with Crippen LogP contribution in [0.25, 0.3) is 10.9 Å². The Morgan fingerprint density at radius 3 is 2.68 bits per heavy atom. The van der Waals surface area contributed by atoms with Crippen LogP contribution < -0.4 is 9.47 Å². The standard InChI is InChI=1S/C29H26N4O4/c1-36-27-13-21(37-18-19-7-3-2-4-8-19)12-11-20(27)15-30-33-17-28(34)32-16-25-23(14-26(32)29(33)35)22-9-5-6-10-24(22)31-25/h2-13,15,26,31H,14,16-18H2,1H3. The summed E-state index contributed by atoms with van der Waals surface area (Å²) in [5, 5.41) is 6.76. The number of para-hydroxylation sites is 1. The molecule has 8 nitrogen and oxygen atoms in total. The summed E-state index contributed by atoms with van der Waals surface area (Å²) in [4.78, 5) is 31.4. The lowest BCUT2D eigenvalue weighted by atomic mass is 9.94. The topological polar surface area (TPSA) is 87.2 Å². The number of carbonyl (C=O) groups excluding carboxylic acids is 2. The Morgan fingerprint density at radius 1 is 1.03 bits per heavy atom. The molecule has 6 rings (SSSR count). The van der Waals surface area contributed by atoms with Gasteiger partial charge in [-0.25, -0.2) is 5.01 Å². The molecule has 37 heavy (non-hydrogen) atoms. The highest BCUT2D eigenvalue weighted by atomic mass is 16.5. The van der Waals surface area contributed by atoms with E-state index in [2.05, 4.69) is 10.1 Å². The molecule has 0 aliphatic carbocycles. The molecule has 1 atom stereocenters. The predicted molar refractivity (Wildman–Crippen MR) is 139 cm³/mol. The summed E-state index contributed by atoms with van der Waals surface area (Å²) in [5.41, 5.74) is 4.86. The van der Waals surface area contributed by atoms with E-state index in [1.165, 1.54) is 5.01 Å². The Bertz CT molecular complexity index is 1510. The van der Waals surface area contributed by atoms with Crippen molar-refractivity contribution < 1.29 is 19.1 Å². The number of hydrazone groups is 1. The molecule has 2 aliphatic rings. The smallest absolute Gasteiger partial charge is 0.266 e. The number of benzene rings is 3. The maximum absolute atomic E-state index is 13.4. The van der Waals surface area contributed by atoms with Crippen LogP contribution >= 0.6 is 0 Å². The number of nitrogens with one attached hydrogen (secondary N) is 1. The van der Waals surface area contributed by atoms with Gasteiger partial charge in [0.25, 0.3) is 5.91 Å². The van der Waals surface area contributed by atoms with Crippen LogP contribution in [-0.4, -0.2) is 52.6 Å². The first-order valence-electron chi connectivity index (χ1n) is 12.2. The number of ether oxygens (including phenoxy) is 2. The maximum Gasteiger partial charge on any atom is 0.266 e. The summed E-state index contributed by atoms with van der Waals surface area (Å²) in [7, 11) is 1.57. The molecule has 1 N–H and O–H groups in total. The number of piperazine rings is 1. The van der Waals surface area contributed by atoms with Crippen LogP contribution in [0.1, 0.15) is 22.4 Å². The summed E-state index contributed by atoms with van der Waals surface area (Å²) < 4.78 is 11.4. The fourth-order valence-electron chi connectivity index (χ4n) is 5.02. The zero-order valence-corrected chi connectivity index (χ0v) is 20.4. The van der Waals surface area contributed by atoms with Crippen molar-refractivity contribution in [3.05, 3.63) is 95.2 Å². The summed E-state index contributed by atoms with van der Waals surface area (Å²) in [6.45, 7) is 0.745. The zero-order valence-electron chi connectivity index (χ0n) is 20.4. The molecule has 8 heteroatoms. The monoisotopic (exact) mass is 494 g/mol. The van der Waals surface area contributed by atoms with Gasteiger partial charge in [-0.2, -0.15) is 5.10 Å². The second kappa shape index (κ2) is 9.46. The fourth-order valence-corrected chi connectivity index (χ4v) is 5.02. The summed E-state index contributed by atoms with van der Waals surface area (Å²) in [6, 6.07) is 22.8. The first-order valence-corrected chi connectivity index (χ1v) is 12.2. The lowest BCUT2D eigenvalue weighted by Gasteiger charge is -2.40. The summed E-state index contributed by atoms with van der Waals surface area (Å²) in [5.74, 6) is 0.915. The number of hydrogen-bond donors (Lipinski definition) is 1. The van der Waals surface area contributed by atoms with E-state index < -0.39 is 6.04 Å². The Hall–Kier alpha value is -4.59. The molecule has 2 amide bonds. The van der Waals surface area contributed by atoms with Gasteiger partial charge in [0.15, 0.2) is 0 Å². The molecule has 0 spiro atoms. The van der Waals surface area contributed by atoms with Crippen molar-refractivity contribution in [3.63, 3.8) is 0 Å². The van der Waals surface area contributed by atoms with Crippen molar-refractivity contribution in [1.29, 1.82) is 0 Å². The molecular weight excluding hydrogens is 468 g/mol. The van der Waals surface area contributed by atoms with Crippen molar-refractivity contribution in [2.24, 2.45) is 5.10 Å². The summed E-state index contributed by atoms with van der Waals surface area (Å²) >= 11 is 0. The van der Waals surface area contributed by atoms with Gasteiger partial charge in [-0.15, -0.1) is 0 Å². The van der Waals surface area contributed by atoms with E-state index in [0.717, 1.165) is 27.7 Å². The number of aromatic nitrogens is 1. The maximum atomic E-state index is 13.4. The quantitative estimate of drug-likeness (QED) is 0.412. The average molecular weight is 495 g/mol. The Morgan fingerprint density at radius 2 is 1.84 bits per heavy atom. The second-order valence-electron chi connectivity index (χ2n) is 9.19. The number of fused-ring (bicyclic) bond motifs is 4. The molecule has 1 fully saturated rings. The van der Waals surface area contributed by atoms with E-state index >= 15 is 0 Å². The Labute approximate surface area is 214 Å². The highest BCUT2D eigenvalue weighted by Crippen LogP contribution is 2.32. The number of hydrogen-bond acceptors (Lipinski definition) is 5. The number of H-pyrrole nitrogens is 1. The van der Waals surface area contributed by atoms with E-state index in [9.17, 15) is 9.59 Å². The second-order valence-corrected chi connectivity index (χ2v) is 9.19. The molecular formula is C29H26N4O4. The highest BCUT2D eigenvalue weighted by molar-refractivity contribution is 5.97. The minimum atomic E-state index is -0.569. The third-order valence-corrected chi connectivity index (χ3v) is 6.94. The van der Waals surface area contributed by atoms with E-state index in [1.807, 2.05) is 66.7 Å². The van der Waals surface area contributed by atoms with Gasteiger partial charge in [0, 0.05) is 34.6 Å². The van der Waals surface area contributed by atoms with Gasteiger partial charge in [0.05, 0.1) is 19.9 Å². The molecule has 1 saturated heterocycles. The molecule has 0 radical (unpaired) electrons. The van der Waals surface area contributed by atoms with Crippen LogP contribution in [0.15, 0.2) is 77.9 Å². The van der Waals surface area contributed by atoms with Crippen LogP contribution in [-0.2, 0) is 29.2 Å². The molecule has 4 aromatic rings. The van der Waals surface area contributed by atoms with Gasteiger partial charge in [-0.1, -0.05) is 48.5 Å². The van der Waals surface area contributed by atoms with E-state index in [4.69, 9.17) is 9.47 Å². The first-order chi connectivity index (χ1) is 18.1. The van der Waals surface area contributed by atoms with Gasteiger partial charge in [0.2, 0.25) is 5.91 Å². The third kappa shape index (κ3) is 4.31. The van der Waals surface area contributed by atoms with Crippen molar-refractivity contribution >= 4 is 28.9 Å². The molecule has 0 saturated carbocycles. The lowest BCUT2D eigenvalue weighted by molar-refractivity contribution is -0.157. The number of nitrogens with zero attached hydrogens (tertiary/aromatic N) is 3. The van der Waals surface area contributed by atoms with Crippen molar-refractivity contribution in [3.8, 4) is 11.5 Å². The minimum absolute atomic E-state index is 0.0953. The average Bonchev–Trinajstić information content (AvgIpc) is 3.30. The van der Waals surface area contributed by atoms with Gasteiger partial charge >= 0.3 is 0 Å². The first kappa shape index (κ1) is 22.8. The van der Waals surface area contributed by atoms with E-state index in [-0.39, 0.29) is 18.4 Å². The van der Waals surface area contributed by atoms with Gasteiger partial charge in [-0.05, 0) is 29.3 Å². The number of amides is 2. The number of methoxy groups -OCH3 is 1. The lowest BCUT2D eigenvalue weighted by Crippen LogP contribution is -2.60. The number of carbonyl (C=O) groups is 2. The molecule has 1 aromatic heterocycles. The van der Waals surface area contributed by atoms with Crippen LogP contribution in [0.2, 0.25) is 0 Å². The van der Waals surface area contributed by atoms with E-state index in [0.29, 0.717) is 36.6 Å². The van der Waals surface area contributed by atoms with Crippen LogP contribution in [0.4, 0.5) is 0 Å². The van der Waals surface area contributed by atoms with Gasteiger partial charge in [-0.3, -0.25) is 9.59 Å². The number of aromatic amines is 1. The molecule has 186 valence electrons. The van der Waals surface area contributed by atoms with Crippen molar-refractivity contribution in [2.45, 2.75) is 25.6 Å². The van der Waals surface area contributed by atoms with Crippen LogP contribution in [0, 0.1) is 0 Å². The predicted octanol–water partition coefficient (Wildman–Crippen LogP) is 3.89. The largest absolute Gasteiger partial charge is 0.496 e. The fraction of sp³-hybridized carbons (Fsp3) is 0.207. The molecule has 1 unspecified atom stereocenters. The highest BCUT2D eigenvalue weighted by Gasteiger charge is 2.43. The molecule has 0 bridgehead atoms. The number of rotatable bonds is 6. The molecule has 2 aliphatic heterocycles. The van der Waals surface area contributed by atoms with Gasteiger partial charge < -0.3 is 19.4 Å². The SMILES string of the molecule is COc1cc(OCc2ccccc2)ccc1C=NN1CC(=O)N2Cc3[nH]c4ccccc4c3CC2C1=O. The molecule has 3 heterocycles. The Kier molecular flexibility index (Phi) is 5.84.